The normalized spacial score (nSPS) is 33.1. The number of imide groups is 1. The average Bonchev–Trinajstić information content (AvgIpc) is 3.58. The Hall–Kier alpha value is -2.84. The smallest absolute Gasteiger partial charge is 0.305 e. The molecule has 1 saturated heterocycles. The molecule has 3 aromatic rings. The van der Waals surface area contributed by atoms with Gasteiger partial charge in [-0.15, -0.1) is 11.8 Å². The molecule has 4 aliphatic rings. The highest BCUT2D eigenvalue weighted by Crippen LogP contribution is 2.68. The fourth-order valence-corrected chi connectivity index (χ4v) is 9.99. The third-order valence-corrected chi connectivity index (χ3v) is 10.8. The van der Waals surface area contributed by atoms with Crippen molar-refractivity contribution in [3.63, 3.8) is 0 Å². The second kappa shape index (κ2) is 7.33. The molecule has 6 nitrogen and oxygen atoms in total. The maximum Gasteiger partial charge on any atom is 0.305 e. The molecule has 2 aromatic carbocycles. The Morgan fingerprint density at radius 2 is 1.65 bits per heavy atom. The van der Waals surface area contributed by atoms with Crippen LogP contribution in [-0.2, 0) is 9.59 Å². The first-order valence-corrected chi connectivity index (χ1v) is 13.2. The van der Waals surface area contributed by atoms with Crippen LogP contribution in [-0.4, -0.2) is 29.2 Å². The lowest BCUT2D eigenvalue weighted by Gasteiger charge is -2.43. The molecular weight excluding hydrogens is 468 g/mol. The fraction of sp³-hybridized carbons (Fsp3) is 0.346. The van der Waals surface area contributed by atoms with Gasteiger partial charge in [-0.2, -0.15) is 0 Å². The number of benzene rings is 2. The van der Waals surface area contributed by atoms with Gasteiger partial charge >= 0.3 is 4.87 Å². The second-order valence-electron chi connectivity index (χ2n) is 9.55. The Morgan fingerprint density at radius 1 is 0.941 bits per heavy atom. The third-order valence-electron chi connectivity index (χ3n) is 8.21. The van der Waals surface area contributed by atoms with Gasteiger partial charge in [-0.25, -0.2) is 4.90 Å². The summed E-state index contributed by atoms with van der Waals surface area (Å²) in [7, 11) is 1.56. The highest BCUT2D eigenvalue weighted by molar-refractivity contribution is 8.00. The van der Waals surface area contributed by atoms with Gasteiger partial charge in [-0.1, -0.05) is 53.8 Å². The first-order chi connectivity index (χ1) is 16.6. The molecule has 8 heteroatoms. The van der Waals surface area contributed by atoms with Crippen LogP contribution < -0.4 is 14.5 Å². The molecule has 0 radical (unpaired) electrons. The summed E-state index contributed by atoms with van der Waals surface area (Å²) >= 11 is 3.00. The number of anilines is 1. The van der Waals surface area contributed by atoms with Gasteiger partial charge in [0.15, 0.2) is 0 Å². The summed E-state index contributed by atoms with van der Waals surface area (Å²) in [5.74, 6) is 0.209. The van der Waals surface area contributed by atoms with E-state index in [-0.39, 0.29) is 57.4 Å². The maximum absolute atomic E-state index is 13.8. The van der Waals surface area contributed by atoms with E-state index in [1.807, 2.05) is 30.3 Å². The number of hydrogen-bond acceptors (Lipinski definition) is 6. The molecule has 172 valence electrons. The topological polar surface area (TPSA) is 79.5 Å². The van der Waals surface area contributed by atoms with Crippen molar-refractivity contribution in [1.29, 1.82) is 0 Å². The van der Waals surface area contributed by atoms with Gasteiger partial charge in [0.25, 0.3) is 0 Å². The van der Waals surface area contributed by atoms with Crippen LogP contribution in [0.25, 0.3) is 0 Å². The van der Waals surface area contributed by atoms with Crippen molar-refractivity contribution < 1.29 is 14.3 Å². The van der Waals surface area contributed by atoms with Crippen LogP contribution in [0.1, 0.15) is 22.8 Å². The number of nitrogens with zero attached hydrogens (tertiary/aromatic N) is 1. The first-order valence-electron chi connectivity index (χ1n) is 11.5. The molecule has 2 amide bonds. The van der Waals surface area contributed by atoms with Gasteiger partial charge in [0, 0.05) is 16.0 Å². The molecule has 34 heavy (non-hydrogen) atoms. The third kappa shape index (κ3) is 2.61. The quantitative estimate of drug-likeness (QED) is 0.559. The Bertz CT molecular complexity index is 1380. The van der Waals surface area contributed by atoms with Gasteiger partial charge < -0.3 is 9.72 Å². The van der Waals surface area contributed by atoms with Gasteiger partial charge in [0.05, 0.1) is 29.7 Å². The Balaban J connectivity index is 1.33. The molecule has 2 saturated carbocycles. The fourth-order valence-electron chi connectivity index (χ4n) is 7.10. The molecule has 3 heterocycles. The molecule has 2 aliphatic carbocycles. The van der Waals surface area contributed by atoms with Crippen LogP contribution in [0.4, 0.5) is 5.69 Å². The number of nitrogens with one attached hydrogen (secondary N) is 1. The van der Waals surface area contributed by atoms with Gasteiger partial charge in [-0.05, 0) is 41.9 Å². The van der Waals surface area contributed by atoms with Crippen LogP contribution in [0.15, 0.2) is 64.4 Å². The van der Waals surface area contributed by atoms with Crippen molar-refractivity contribution >= 4 is 40.6 Å². The summed E-state index contributed by atoms with van der Waals surface area (Å²) < 4.78 is 5.48. The van der Waals surface area contributed by atoms with E-state index in [0.29, 0.717) is 11.4 Å². The van der Waals surface area contributed by atoms with Gasteiger partial charge in [0.2, 0.25) is 11.8 Å². The lowest BCUT2D eigenvalue weighted by Crippen LogP contribution is -2.42. The van der Waals surface area contributed by atoms with Gasteiger partial charge in [0.1, 0.15) is 5.75 Å². The number of para-hydroxylation sites is 2. The van der Waals surface area contributed by atoms with E-state index >= 15 is 0 Å². The number of thiazole rings is 1. The van der Waals surface area contributed by atoms with Crippen molar-refractivity contribution in [1.82, 2.24) is 4.98 Å². The number of thioether (sulfide) groups is 1. The van der Waals surface area contributed by atoms with Crippen LogP contribution >= 0.6 is 23.1 Å². The van der Waals surface area contributed by atoms with Crippen molar-refractivity contribution in [2.45, 2.75) is 22.6 Å². The van der Waals surface area contributed by atoms with Crippen LogP contribution in [0.3, 0.4) is 0 Å². The summed E-state index contributed by atoms with van der Waals surface area (Å²) in [6.45, 7) is 0. The number of rotatable bonds is 3. The number of carbonyl (C=O) groups is 2. The molecule has 2 aliphatic heterocycles. The number of H-pyrrole nitrogens is 1. The second-order valence-corrected chi connectivity index (χ2v) is 11.8. The monoisotopic (exact) mass is 490 g/mol. The lowest BCUT2D eigenvalue weighted by molar-refractivity contribution is -0.123. The summed E-state index contributed by atoms with van der Waals surface area (Å²) in [4.78, 5) is 45.3. The zero-order valence-electron chi connectivity index (χ0n) is 18.3. The van der Waals surface area contributed by atoms with Crippen LogP contribution in [0.5, 0.6) is 5.75 Å². The summed E-state index contributed by atoms with van der Waals surface area (Å²) in [5.41, 5.74) is 1.71. The number of ether oxygens (including phenoxy) is 1. The zero-order chi connectivity index (χ0) is 23.1. The maximum atomic E-state index is 13.8. The van der Waals surface area contributed by atoms with E-state index in [9.17, 15) is 14.4 Å². The Labute approximate surface area is 204 Å². The van der Waals surface area contributed by atoms with Gasteiger partial charge in [-0.3, -0.25) is 14.4 Å². The van der Waals surface area contributed by atoms with E-state index in [0.717, 1.165) is 16.3 Å². The predicted octanol–water partition coefficient (Wildman–Crippen LogP) is 4.12. The van der Waals surface area contributed by atoms with Crippen LogP contribution in [0.2, 0.25) is 0 Å². The van der Waals surface area contributed by atoms with E-state index in [2.05, 4.69) is 17.1 Å². The SMILES string of the molecule is COc1ccccc1N1C(=O)[C@@H]2[C@H]3C[C@H]([C@@H]4Sc5[nH]c(=O)sc5[C@@H](c5ccccc5)[C@H]34)[C@@H]2C1=O. The molecule has 3 fully saturated rings. The summed E-state index contributed by atoms with van der Waals surface area (Å²) in [6, 6.07) is 17.6. The van der Waals surface area contributed by atoms with Crippen molar-refractivity contribution in [2.24, 2.45) is 29.6 Å². The molecular formula is C26H22N2O4S2. The van der Waals surface area contributed by atoms with E-state index in [1.165, 1.54) is 21.8 Å². The highest BCUT2D eigenvalue weighted by Gasteiger charge is 2.69. The average molecular weight is 491 g/mol. The zero-order valence-corrected chi connectivity index (χ0v) is 20.0. The van der Waals surface area contributed by atoms with E-state index in [1.54, 1.807) is 31.0 Å². The lowest BCUT2D eigenvalue weighted by atomic mass is 9.68. The minimum atomic E-state index is -0.312. The molecule has 7 rings (SSSR count). The molecule has 7 atom stereocenters. The largest absolute Gasteiger partial charge is 0.495 e. The Kier molecular flexibility index (Phi) is 4.42. The number of aromatic amines is 1. The molecule has 0 spiro atoms. The number of carbonyl (C=O) groups excluding carboxylic acids is 2. The Morgan fingerprint density at radius 3 is 2.41 bits per heavy atom. The van der Waals surface area contributed by atoms with Crippen molar-refractivity contribution in [3.05, 3.63) is 74.7 Å². The highest BCUT2D eigenvalue weighted by atomic mass is 32.2. The molecule has 2 bridgehead atoms. The summed E-state index contributed by atoms with van der Waals surface area (Å²) in [5, 5.41) is 1.14. The van der Waals surface area contributed by atoms with Crippen LogP contribution in [0, 0.1) is 29.6 Å². The number of fused-ring (bicyclic) bond motifs is 9. The molecule has 1 aromatic heterocycles. The minimum absolute atomic E-state index is 0.0413. The first kappa shape index (κ1) is 20.5. The molecule has 0 unspecified atom stereocenters. The van der Waals surface area contributed by atoms with Crippen molar-refractivity contribution in [2.75, 3.05) is 12.0 Å². The minimum Gasteiger partial charge on any atom is -0.495 e. The standard InChI is InChI=1S/C26H22N2O4S2/c1-32-16-10-6-5-9-15(16)28-24(29)19-13-11-14(20(19)25(28)30)21-18(13)17(12-7-3-2-4-8-12)22-23(33-21)27-26(31)34-22/h2-10,13-14,17-21H,11H2,1H3,(H,27,31)/t13-,14-,17-,18-,19+,20-,21-/m0/s1. The number of amides is 2. The number of aromatic nitrogens is 1. The number of methoxy groups -OCH3 is 1. The number of hydrogen-bond donors (Lipinski definition) is 1. The predicted molar refractivity (Wildman–Crippen MR) is 130 cm³/mol. The molecule has 1 N–H and O–H groups in total. The van der Waals surface area contributed by atoms with E-state index in [4.69, 9.17) is 4.74 Å². The van der Waals surface area contributed by atoms with Crippen molar-refractivity contribution in [3.8, 4) is 5.75 Å². The summed E-state index contributed by atoms with van der Waals surface area (Å²) in [6.07, 6.45) is 0.886. The van der Waals surface area contributed by atoms with E-state index < -0.39 is 0 Å².